The van der Waals surface area contributed by atoms with Crippen molar-refractivity contribution < 1.29 is 45.8 Å². The van der Waals surface area contributed by atoms with Gasteiger partial charge in [-0.05, 0) is 58.9 Å². The minimum atomic E-state index is -4.15. The van der Waals surface area contributed by atoms with Crippen molar-refractivity contribution in [1.82, 2.24) is 0 Å². The molecular formula is C23H32O10S. The van der Waals surface area contributed by atoms with E-state index in [9.17, 15) is 13.2 Å². The fourth-order valence-corrected chi connectivity index (χ4v) is 4.48. The lowest BCUT2D eigenvalue weighted by atomic mass is 9.97. The summed E-state index contributed by atoms with van der Waals surface area (Å²) in [6.45, 7) is 11.9. The summed E-state index contributed by atoms with van der Waals surface area (Å²) in [5.74, 6) is -1.04. The maximum absolute atomic E-state index is 12.7. The molecule has 3 rings (SSSR count). The van der Waals surface area contributed by atoms with Crippen LogP contribution in [0, 0.1) is 5.41 Å². The van der Waals surface area contributed by atoms with Crippen molar-refractivity contribution in [2.75, 3.05) is 13.7 Å². The summed E-state index contributed by atoms with van der Waals surface area (Å²) >= 11 is 0. The molecule has 2 aliphatic heterocycles. The number of carbonyl (C=O) groups is 1. The Kier molecular flexibility index (Phi) is 7.76. The third-order valence-electron chi connectivity index (χ3n) is 5.26. The van der Waals surface area contributed by atoms with Crippen LogP contribution in [0.3, 0.4) is 0 Å². The Morgan fingerprint density at radius 1 is 1.21 bits per heavy atom. The highest BCUT2D eigenvalue weighted by molar-refractivity contribution is 7.86. The van der Waals surface area contributed by atoms with Gasteiger partial charge in [0, 0.05) is 7.11 Å². The Morgan fingerprint density at radius 2 is 1.85 bits per heavy atom. The average molecular weight is 501 g/mol. The van der Waals surface area contributed by atoms with E-state index in [1.165, 1.54) is 37.6 Å². The second-order valence-electron chi connectivity index (χ2n) is 9.46. The van der Waals surface area contributed by atoms with Gasteiger partial charge in [-0.15, -0.1) is 0 Å². The highest BCUT2D eigenvalue weighted by Crippen LogP contribution is 2.40. The van der Waals surface area contributed by atoms with Crippen LogP contribution in [0.15, 0.2) is 42.0 Å². The van der Waals surface area contributed by atoms with Crippen LogP contribution in [0.4, 0.5) is 0 Å². The van der Waals surface area contributed by atoms with Crippen LogP contribution in [-0.4, -0.2) is 64.6 Å². The van der Waals surface area contributed by atoms with Gasteiger partial charge in [0.2, 0.25) is 0 Å². The summed E-state index contributed by atoms with van der Waals surface area (Å²) < 4.78 is 64.6. The number of esters is 1. The van der Waals surface area contributed by atoms with E-state index in [1.54, 1.807) is 34.6 Å². The molecule has 0 bridgehead atoms. The van der Waals surface area contributed by atoms with Crippen molar-refractivity contribution in [2.24, 2.45) is 5.41 Å². The van der Waals surface area contributed by atoms with E-state index in [2.05, 4.69) is 6.58 Å². The zero-order valence-corrected chi connectivity index (χ0v) is 21.0. The third kappa shape index (κ3) is 5.96. The maximum atomic E-state index is 12.7. The fourth-order valence-electron chi connectivity index (χ4n) is 3.57. The summed E-state index contributed by atoms with van der Waals surface area (Å²) in [5, 5.41) is 0. The average Bonchev–Trinajstić information content (AvgIpc) is 3.21. The van der Waals surface area contributed by atoms with E-state index in [4.69, 9.17) is 32.6 Å². The Labute approximate surface area is 200 Å². The first-order chi connectivity index (χ1) is 15.8. The second-order valence-corrected chi connectivity index (χ2v) is 11.1. The van der Waals surface area contributed by atoms with Crippen molar-refractivity contribution in [3.8, 4) is 5.75 Å². The number of rotatable bonds is 9. The zero-order valence-electron chi connectivity index (χ0n) is 20.2. The molecule has 0 amide bonds. The zero-order chi connectivity index (χ0) is 25.3. The van der Waals surface area contributed by atoms with E-state index in [-0.39, 0.29) is 17.3 Å². The topological polar surface area (TPSA) is 116 Å². The van der Waals surface area contributed by atoms with E-state index >= 15 is 0 Å². The first-order valence-corrected chi connectivity index (χ1v) is 12.2. The van der Waals surface area contributed by atoms with Gasteiger partial charge in [-0.1, -0.05) is 6.58 Å². The summed E-state index contributed by atoms with van der Waals surface area (Å²) in [6.07, 6.45) is -2.22. The van der Waals surface area contributed by atoms with Gasteiger partial charge >= 0.3 is 5.97 Å². The normalized spacial score (nSPS) is 27.1. The molecule has 5 atom stereocenters. The molecule has 0 unspecified atom stereocenters. The number of hydrogen-bond donors (Lipinski definition) is 0. The summed E-state index contributed by atoms with van der Waals surface area (Å²) in [5.41, 5.74) is -0.694. The molecule has 2 saturated heterocycles. The quantitative estimate of drug-likeness (QED) is 0.217. The number of fused-ring (bicyclic) bond motifs is 1. The minimum Gasteiger partial charge on any atom is -0.493 e. The van der Waals surface area contributed by atoms with Crippen LogP contribution in [0.1, 0.15) is 34.6 Å². The Hall–Kier alpha value is -2.02. The standard InChI is InChI=1S/C23H32O10S/c1-8-28-16(17-18(27-7)19-20(31-17)33-23(5,6)32-19)13-29-34(25,26)15-11-9-14(10-12-15)30-21(24)22(2,3)4/h8-12,16-20H,1,13H2,2-7H3/t16-,17-,18+,19-,20-/m1/s1. The molecule has 2 heterocycles. The fraction of sp³-hybridized carbons (Fsp3) is 0.609. The SMILES string of the molecule is C=CO[C@H](COS(=O)(=O)c1ccc(OC(=O)C(C)(C)C)cc1)[C@H]1O[C@@H]2OC(C)(C)O[C@@H]2[C@H]1OC. The maximum Gasteiger partial charge on any atom is 0.316 e. The molecule has 0 spiro atoms. The predicted molar refractivity (Wildman–Crippen MR) is 119 cm³/mol. The smallest absolute Gasteiger partial charge is 0.316 e. The van der Waals surface area contributed by atoms with E-state index in [0.717, 1.165) is 0 Å². The molecule has 1 aromatic rings. The molecule has 1 aromatic carbocycles. The largest absolute Gasteiger partial charge is 0.493 e. The van der Waals surface area contributed by atoms with Gasteiger partial charge in [0.05, 0.1) is 16.6 Å². The van der Waals surface area contributed by atoms with Crippen molar-refractivity contribution in [3.63, 3.8) is 0 Å². The lowest BCUT2D eigenvalue weighted by molar-refractivity contribution is -0.229. The van der Waals surface area contributed by atoms with Gasteiger partial charge in [0.15, 0.2) is 18.2 Å². The molecule has 2 fully saturated rings. The minimum absolute atomic E-state index is 0.110. The van der Waals surface area contributed by atoms with E-state index in [0.29, 0.717) is 0 Å². The van der Waals surface area contributed by atoms with Gasteiger partial charge in [-0.3, -0.25) is 8.98 Å². The number of hydrogen-bond acceptors (Lipinski definition) is 10. The van der Waals surface area contributed by atoms with Gasteiger partial charge in [-0.25, -0.2) is 0 Å². The van der Waals surface area contributed by atoms with Crippen molar-refractivity contribution >= 4 is 16.1 Å². The number of ether oxygens (including phenoxy) is 6. The molecule has 190 valence electrons. The first kappa shape index (κ1) is 26.6. The van der Waals surface area contributed by atoms with Gasteiger partial charge < -0.3 is 28.4 Å². The van der Waals surface area contributed by atoms with Crippen LogP contribution in [-0.2, 0) is 42.8 Å². The third-order valence-corrected chi connectivity index (χ3v) is 6.56. The van der Waals surface area contributed by atoms with Crippen molar-refractivity contribution in [2.45, 2.75) is 76.0 Å². The van der Waals surface area contributed by atoms with Crippen LogP contribution in [0.25, 0.3) is 0 Å². The van der Waals surface area contributed by atoms with Gasteiger partial charge in [-0.2, -0.15) is 8.42 Å². The predicted octanol–water partition coefficient (Wildman–Crippen LogP) is 2.76. The van der Waals surface area contributed by atoms with Crippen LogP contribution >= 0.6 is 0 Å². The molecule has 10 nitrogen and oxygen atoms in total. The van der Waals surface area contributed by atoms with Crippen LogP contribution < -0.4 is 4.74 Å². The van der Waals surface area contributed by atoms with Crippen LogP contribution in [0.2, 0.25) is 0 Å². The van der Waals surface area contributed by atoms with Crippen molar-refractivity contribution in [3.05, 3.63) is 37.1 Å². The van der Waals surface area contributed by atoms with Crippen molar-refractivity contribution in [1.29, 1.82) is 0 Å². The molecule has 0 radical (unpaired) electrons. The molecule has 2 aliphatic rings. The summed E-state index contributed by atoms with van der Waals surface area (Å²) in [4.78, 5) is 11.9. The second kappa shape index (κ2) is 9.92. The van der Waals surface area contributed by atoms with Crippen LogP contribution in [0.5, 0.6) is 5.75 Å². The Bertz CT molecular complexity index is 980. The molecule has 0 N–H and O–H groups in total. The lowest BCUT2D eigenvalue weighted by Crippen LogP contribution is -2.44. The lowest BCUT2D eigenvalue weighted by Gasteiger charge is -2.29. The molecule has 0 aliphatic carbocycles. The highest BCUT2D eigenvalue weighted by Gasteiger charge is 2.57. The Morgan fingerprint density at radius 3 is 2.41 bits per heavy atom. The first-order valence-electron chi connectivity index (χ1n) is 10.8. The molecule has 11 heteroatoms. The highest BCUT2D eigenvalue weighted by atomic mass is 32.2. The number of methoxy groups -OCH3 is 1. The molecule has 0 saturated carbocycles. The van der Waals surface area contributed by atoms with E-state index in [1.807, 2.05) is 0 Å². The van der Waals surface area contributed by atoms with E-state index < -0.39 is 58.0 Å². The summed E-state index contributed by atoms with van der Waals surface area (Å²) in [7, 11) is -2.66. The Balaban J connectivity index is 1.67. The van der Waals surface area contributed by atoms with Gasteiger partial charge in [0.1, 0.15) is 30.7 Å². The monoisotopic (exact) mass is 500 g/mol. The number of carbonyl (C=O) groups excluding carboxylic acids is 1. The molecular weight excluding hydrogens is 468 g/mol. The molecule has 34 heavy (non-hydrogen) atoms. The number of benzene rings is 1. The molecule has 0 aromatic heterocycles. The van der Waals surface area contributed by atoms with Gasteiger partial charge in [0.25, 0.3) is 10.1 Å². The summed E-state index contributed by atoms with van der Waals surface area (Å²) in [6, 6.07) is 5.36.